The molecular weight excluding hydrogens is 360 g/mol. The summed E-state index contributed by atoms with van der Waals surface area (Å²) < 4.78 is 5.50. The van der Waals surface area contributed by atoms with Crippen LogP contribution >= 0.6 is 0 Å². The maximum Gasteiger partial charge on any atom is 0.407 e. The second-order valence-corrected chi connectivity index (χ2v) is 8.08. The molecule has 0 bridgehead atoms. The van der Waals surface area contributed by atoms with Crippen LogP contribution in [0.5, 0.6) is 0 Å². The van der Waals surface area contributed by atoms with Gasteiger partial charge in [0.1, 0.15) is 17.3 Å². The summed E-state index contributed by atoms with van der Waals surface area (Å²) in [4.78, 5) is 29.0. The highest BCUT2D eigenvalue weighted by Crippen LogP contribution is 2.45. The first-order valence-corrected chi connectivity index (χ1v) is 9.06. The molecule has 1 saturated heterocycles. The van der Waals surface area contributed by atoms with Crippen molar-refractivity contribution in [3.8, 4) is 0 Å². The molecular formula is C20H27N4O4+. The van der Waals surface area contributed by atoms with Crippen molar-refractivity contribution >= 4 is 12.1 Å². The number of rotatable bonds is 6. The molecule has 1 heterocycles. The Labute approximate surface area is 164 Å². The van der Waals surface area contributed by atoms with Crippen LogP contribution in [0.2, 0.25) is 0 Å². The highest BCUT2D eigenvalue weighted by molar-refractivity contribution is 5.84. The van der Waals surface area contributed by atoms with Gasteiger partial charge in [0.05, 0.1) is 6.54 Å². The molecule has 3 atom stereocenters. The number of likely N-dealkylation sites (tertiary alicyclic amines) is 1. The van der Waals surface area contributed by atoms with Crippen LogP contribution in [0.25, 0.3) is 0 Å². The second-order valence-electron chi connectivity index (χ2n) is 8.08. The lowest BCUT2D eigenvalue weighted by molar-refractivity contribution is -0.153. The van der Waals surface area contributed by atoms with Crippen molar-refractivity contribution in [3.63, 3.8) is 0 Å². The monoisotopic (exact) mass is 387 g/mol. The summed E-state index contributed by atoms with van der Waals surface area (Å²) in [7, 11) is 0. The molecule has 2 rings (SSSR count). The quantitative estimate of drug-likeness (QED) is 0.336. The van der Waals surface area contributed by atoms with Crippen LogP contribution in [0.15, 0.2) is 48.1 Å². The van der Waals surface area contributed by atoms with E-state index in [2.05, 4.69) is 16.6 Å². The Morgan fingerprint density at radius 1 is 1.46 bits per heavy atom. The Kier molecular flexibility index (Phi) is 6.36. The summed E-state index contributed by atoms with van der Waals surface area (Å²) in [5.74, 6) is -1.47. The van der Waals surface area contributed by atoms with Gasteiger partial charge in [-0.25, -0.2) is 9.59 Å². The van der Waals surface area contributed by atoms with Gasteiger partial charge < -0.3 is 14.7 Å². The summed E-state index contributed by atoms with van der Waals surface area (Å²) in [5, 5.41) is 13.4. The van der Waals surface area contributed by atoms with Gasteiger partial charge >= 0.3 is 12.1 Å². The SMILES string of the molecule is C=CC([C@H]1CN(C(=O)O)C[C@@]1(N=[N+]=N)C(=O)OCc1ccccc1)C(C)(C)C. The second kappa shape index (κ2) is 8.35. The number of carbonyl (C=O) groups is 2. The molecule has 1 aliphatic rings. The molecule has 0 radical (unpaired) electrons. The van der Waals surface area contributed by atoms with E-state index in [1.165, 1.54) is 0 Å². The Morgan fingerprint density at radius 2 is 2.11 bits per heavy atom. The van der Waals surface area contributed by atoms with Crippen LogP contribution in [0.3, 0.4) is 0 Å². The van der Waals surface area contributed by atoms with Crippen molar-refractivity contribution in [2.75, 3.05) is 13.1 Å². The molecule has 0 saturated carbocycles. The fourth-order valence-corrected chi connectivity index (χ4v) is 3.84. The van der Waals surface area contributed by atoms with E-state index in [0.717, 1.165) is 10.5 Å². The fraction of sp³-hybridized carbons (Fsp3) is 0.500. The molecule has 1 amide bonds. The maximum atomic E-state index is 13.1. The van der Waals surface area contributed by atoms with Gasteiger partial charge in [-0.15, -0.1) is 6.58 Å². The van der Waals surface area contributed by atoms with Crippen molar-refractivity contribution in [2.24, 2.45) is 22.4 Å². The minimum Gasteiger partial charge on any atom is -0.465 e. The van der Waals surface area contributed by atoms with E-state index in [0.29, 0.717) is 0 Å². The molecule has 8 heteroatoms. The van der Waals surface area contributed by atoms with Crippen LogP contribution in [-0.4, -0.2) is 40.7 Å². The zero-order valence-electron chi connectivity index (χ0n) is 16.5. The van der Waals surface area contributed by atoms with Gasteiger partial charge in [-0.1, -0.05) is 57.2 Å². The topological polar surface area (TPSA) is 117 Å². The van der Waals surface area contributed by atoms with E-state index in [4.69, 9.17) is 10.3 Å². The van der Waals surface area contributed by atoms with Gasteiger partial charge in [0.2, 0.25) is 4.91 Å². The number of hydrogen-bond acceptors (Lipinski definition) is 5. The molecule has 0 aromatic heterocycles. The predicted octanol–water partition coefficient (Wildman–Crippen LogP) is 3.48. The largest absolute Gasteiger partial charge is 0.465 e. The smallest absolute Gasteiger partial charge is 0.407 e. The van der Waals surface area contributed by atoms with Crippen molar-refractivity contribution in [2.45, 2.75) is 32.9 Å². The first-order valence-electron chi connectivity index (χ1n) is 9.06. The number of amides is 1. The fourth-order valence-electron chi connectivity index (χ4n) is 3.84. The van der Waals surface area contributed by atoms with Crippen LogP contribution in [0.1, 0.15) is 26.3 Å². The summed E-state index contributed by atoms with van der Waals surface area (Å²) in [6.07, 6.45) is 0.564. The number of carboxylic acid groups (broad SMARTS) is 1. The number of ether oxygens (including phenoxy) is 1. The average Bonchev–Trinajstić information content (AvgIpc) is 3.01. The van der Waals surface area contributed by atoms with Crippen LogP contribution < -0.4 is 4.91 Å². The lowest BCUT2D eigenvalue weighted by atomic mass is 9.67. The number of allylic oxidation sites excluding steroid dienone is 1. The minimum atomic E-state index is -1.58. The van der Waals surface area contributed by atoms with Gasteiger partial charge in [0.25, 0.3) is 5.54 Å². The Morgan fingerprint density at radius 3 is 2.61 bits per heavy atom. The Hall–Kier alpha value is -2.99. The Bertz CT molecular complexity index is 783. The van der Waals surface area contributed by atoms with E-state index in [1.807, 2.05) is 51.1 Å². The standard InChI is InChI=1S/C20H26N4O4/c1-5-15(19(2,3)4)16-11-24(18(26)27)13-20(16,22-23-21)17(25)28-12-14-9-7-6-8-10-14/h5-10,15-16,21H,1,11-13H2,2-4H3/p+1/t15?,16-,20+/m1/s1. The molecule has 2 N–H and O–H groups in total. The zero-order chi connectivity index (χ0) is 20.9. The molecule has 28 heavy (non-hydrogen) atoms. The molecule has 1 aliphatic heterocycles. The van der Waals surface area contributed by atoms with Crippen molar-refractivity contribution < 1.29 is 19.4 Å². The van der Waals surface area contributed by atoms with Gasteiger partial charge in [0, 0.05) is 12.5 Å². The van der Waals surface area contributed by atoms with Crippen molar-refractivity contribution in [1.82, 2.24) is 9.81 Å². The number of hydrogen-bond donors (Lipinski definition) is 2. The molecule has 0 aliphatic carbocycles. The molecule has 1 unspecified atom stereocenters. The van der Waals surface area contributed by atoms with E-state index in [-0.39, 0.29) is 31.0 Å². The van der Waals surface area contributed by atoms with Crippen molar-refractivity contribution in [1.29, 1.82) is 5.53 Å². The van der Waals surface area contributed by atoms with E-state index in [9.17, 15) is 14.7 Å². The van der Waals surface area contributed by atoms with Gasteiger partial charge in [0.15, 0.2) is 0 Å². The van der Waals surface area contributed by atoms with Crippen LogP contribution in [-0.2, 0) is 16.1 Å². The number of nitrogens with one attached hydrogen (secondary N) is 1. The maximum absolute atomic E-state index is 13.1. The van der Waals surface area contributed by atoms with Gasteiger partial charge in [-0.3, -0.25) is 0 Å². The van der Waals surface area contributed by atoms with Crippen LogP contribution in [0.4, 0.5) is 4.79 Å². The first-order chi connectivity index (χ1) is 13.2. The molecule has 0 spiro atoms. The van der Waals surface area contributed by atoms with E-state index < -0.39 is 23.5 Å². The number of benzene rings is 1. The normalized spacial score (nSPS) is 22.8. The number of carbonyl (C=O) groups excluding carboxylic acids is 1. The van der Waals surface area contributed by atoms with E-state index in [1.54, 1.807) is 6.08 Å². The van der Waals surface area contributed by atoms with E-state index >= 15 is 0 Å². The molecule has 150 valence electrons. The van der Waals surface area contributed by atoms with Crippen LogP contribution in [0, 0.1) is 22.8 Å². The summed E-state index contributed by atoms with van der Waals surface area (Å²) in [6, 6.07) is 9.17. The lowest BCUT2D eigenvalue weighted by Gasteiger charge is -2.36. The molecule has 8 nitrogen and oxygen atoms in total. The summed E-state index contributed by atoms with van der Waals surface area (Å²) in [6.45, 7) is 9.76. The summed E-state index contributed by atoms with van der Waals surface area (Å²) >= 11 is 0. The minimum absolute atomic E-state index is 0.0308. The van der Waals surface area contributed by atoms with Crippen molar-refractivity contribution in [3.05, 3.63) is 48.6 Å². The summed E-state index contributed by atoms with van der Waals surface area (Å²) in [5.41, 5.74) is 6.17. The third kappa shape index (κ3) is 4.28. The highest BCUT2D eigenvalue weighted by Gasteiger charge is 2.62. The zero-order valence-corrected chi connectivity index (χ0v) is 16.5. The third-order valence-corrected chi connectivity index (χ3v) is 5.22. The Balaban J connectivity index is 2.42. The lowest BCUT2D eigenvalue weighted by Crippen LogP contribution is -2.50. The third-order valence-electron chi connectivity index (χ3n) is 5.22. The van der Waals surface area contributed by atoms with Gasteiger partial charge in [-0.05, 0) is 16.9 Å². The average molecular weight is 387 g/mol. The van der Waals surface area contributed by atoms with Gasteiger partial charge in [-0.2, -0.15) is 0 Å². The first kappa shape index (κ1) is 21.3. The predicted molar refractivity (Wildman–Crippen MR) is 102 cm³/mol. The molecule has 1 aromatic rings. The number of esters is 1. The number of nitrogens with zero attached hydrogens (tertiary/aromatic N) is 3. The molecule has 1 fully saturated rings. The molecule has 1 aromatic carbocycles. The highest BCUT2D eigenvalue weighted by atomic mass is 16.5.